The molecule has 0 heterocycles. The lowest BCUT2D eigenvalue weighted by Crippen LogP contribution is -2.57. The number of rotatable bonds is 2. The maximum Gasteiger partial charge on any atom is 0.267 e. The van der Waals surface area contributed by atoms with Crippen molar-refractivity contribution in [2.75, 3.05) is 0 Å². The SMILES string of the molecule is O=C1[C@H]2CCC[C@@H]1[C@](O)(C(F)F)C[C@H]2c1ccccc1. The van der Waals surface area contributed by atoms with Crippen LogP contribution in [0.15, 0.2) is 30.3 Å². The van der Waals surface area contributed by atoms with E-state index in [1.54, 1.807) is 0 Å². The summed E-state index contributed by atoms with van der Waals surface area (Å²) in [4.78, 5) is 12.4. The average molecular weight is 280 g/mol. The van der Waals surface area contributed by atoms with E-state index in [9.17, 15) is 18.7 Å². The lowest BCUT2D eigenvalue weighted by Gasteiger charge is -2.48. The van der Waals surface area contributed by atoms with Crippen LogP contribution >= 0.6 is 0 Å². The minimum atomic E-state index is -2.87. The van der Waals surface area contributed by atoms with Crippen molar-refractivity contribution < 1.29 is 18.7 Å². The number of benzene rings is 1. The molecule has 2 aliphatic rings. The van der Waals surface area contributed by atoms with Crippen LogP contribution in [0, 0.1) is 11.8 Å². The molecule has 0 aromatic heterocycles. The number of alkyl halides is 2. The second kappa shape index (κ2) is 4.92. The molecule has 1 N–H and O–H groups in total. The molecule has 3 rings (SSSR count). The predicted octanol–water partition coefficient (Wildman–Crippen LogP) is 3.16. The molecule has 2 saturated carbocycles. The number of hydrogen-bond donors (Lipinski definition) is 1. The summed E-state index contributed by atoms with van der Waals surface area (Å²) in [5.74, 6) is -1.56. The Labute approximate surface area is 116 Å². The van der Waals surface area contributed by atoms with E-state index in [2.05, 4.69) is 0 Å². The number of hydrogen-bond acceptors (Lipinski definition) is 2. The summed E-state index contributed by atoms with van der Waals surface area (Å²) in [7, 11) is 0. The number of halogens is 2. The van der Waals surface area contributed by atoms with Gasteiger partial charge < -0.3 is 5.11 Å². The number of fused-ring (bicyclic) bond motifs is 2. The van der Waals surface area contributed by atoms with Gasteiger partial charge >= 0.3 is 0 Å². The van der Waals surface area contributed by atoms with Gasteiger partial charge in [-0.2, -0.15) is 0 Å². The van der Waals surface area contributed by atoms with Crippen LogP contribution in [0.2, 0.25) is 0 Å². The van der Waals surface area contributed by atoms with Crippen LogP contribution in [0.1, 0.15) is 37.2 Å². The van der Waals surface area contributed by atoms with E-state index in [-0.39, 0.29) is 24.0 Å². The van der Waals surface area contributed by atoms with Crippen LogP contribution in [0.4, 0.5) is 8.78 Å². The molecule has 0 radical (unpaired) electrons. The Morgan fingerprint density at radius 2 is 1.85 bits per heavy atom. The molecular formula is C16H18F2O2. The summed E-state index contributed by atoms with van der Waals surface area (Å²) < 4.78 is 26.7. The second-order valence-electron chi connectivity index (χ2n) is 6.01. The Kier molecular flexibility index (Phi) is 3.36. The quantitative estimate of drug-likeness (QED) is 0.903. The fourth-order valence-corrected chi connectivity index (χ4v) is 3.91. The number of carbonyl (C=O) groups is 1. The molecule has 0 amide bonds. The fourth-order valence-electron chi connectivity index (χ4n) is 3.91. The number of carbonyl (C=O) groups excluding carboxylic acids is 1. The molecule has 4 atom stereocenters. The van der Waals surface area contributed by atoms with E-state index in [4.69, 9.17) is 0 Å². The maximum atomic E-state index is 13.4. The zero-order chi connectivity index (χ0) is 14.3. The van der Waals surface area contributed by atoms with Crippen LogP contribution in [-0.4, -0.2) is 22.9 Å². The minimum absolute atomic E-state index is 0.0181. The molecule has 1 aromatic rings. The third-order valence-electron chi connectivity index (χ3n) is 4.96. The smallest absolute Gasteiger partial charge is 0.267 e. The average Bonchev–Trinajstić information content (AvgIpc) is 2.44. The van der Waals surface area contributed by atoms with Crippen molar-refractivity contribution in [2.45, 2.75) is 43.6 Å². The summed E-state index contributed by atoms with van der Waals surface area (Å²) in [5, 5.41) is 10.4. The minimum Gasteiger partial charge on any atom is -0.383 e. The van der Waals surface area contributed by atoms with E-state index >= 15 is 0 Å². The fraction of sp³-hybridized carbons (Fsp3) is 0.562. The first kappa shape index (κ1) is 13.7. The highest BCUT2D eigenvalue weighted by Gasteiger charge is 2.58. The topological polar surface area (TPSA) is 37.3 Å². The van der Waals surface area contributed by atoms with Crippen molar-refractivity contribution in [3.8, 4) is 0 Å². The van der Waals surface area contributed by atoms with Crippen LogP contribution in [0.25, 0.3) is 0 Å². The first-order valence-corrected chi connectivity index (χ1v) is 7.13. The highest BCUT2D eigenvalue weighted by atomic mass is 19.3. The largest absolute Gasteiger partial charge is 0.383 e. The molecule has 2 nitrogen and oxygen atoms in total. The predicted molar refractivity (Wildman–Crippen MR) is 70.6 cm³/mol. The molecule has 0 spiro atoms. The van der Waals surface area contributed by atoms with Crippen LogP contribution in [0.3, 0.4) is 0 Å². The van der Waals surface area contributed by atoms with Gasteiger partial charge in [0.2, 0.25) is 0 Å². The zero-order valence-corrected chi connectivity index (χ0v) is 11.1. The van der Waals surface area contributed by atoms with Crippen molar-refractivity contribution >= 4 is 5.78 Å². The van der Waals surface area contributed by atoms with Crippen molar-refractivity contribution in [3.05, 3.63) is 35.9 Å². The lowest BCUT2D eigenvalue weighted by atomic mass is 9.58. The van der Waals surface area contributed by atoms with Crippen molar-refractivity contribution in [3.63, 3.8) is 0 Å². The van der Waals surface area contributed by atoms with E-state index < -0.39 is 17.9 Å². The van der Waals surface area contributed by atoms with Crippen LogP contribution < -0.4 is 0 Å². The Bertz CT molecular complexity index is 502. The molecule has 2 aliphatic carbocycles. The summed E-state index contributed by atoms with van der Waals surface area (Å²) in [6.07, 6.45) is -1.03. The first-order valence-electron chi connectivity index (χ1n) is 7.13. The third kappa shape index (κ3) is 1.97. The van der Waals surface area contributed by atoms with Gasteiger partial charge in [-0.15, -0.1) is 0 Å². The Morgan fingerprint density at radius 1 is 1.15 bits per heavy atom. The molecular weight excluding hydrogens is 262 g/mol. The third-order valence-corrected chi connectivity index (χ3v) is 4.96. The molecule has 0 saturated heterocycles. The normalized spacial score (nSPS) is 37.2. The van der Waals surface area contributed by atoms with Crippen molar-refractivity contribution in [2.24, 2.45) is 11.8 Å². The monoisotopic (exact) mass is 280 g/mol. The van der Waals surface area contributed by atoms with Crippen LogP contribution in [-0.2, 0) is 4.79 Å². The molecule has 0 unspecified atom stereocenters. The Hall–Kier alpha value is -1.29. The molecule has 108 valence electrons. The van der Waals surface area contributed by atoms with Crippen LogP contribution in [0.5, 0.6) is 0 Å². The van der Waals surface area contributed by atoms with Crippen molar-refractivity contribution in [1.82, 2.24) is 0 Å². The lowest BCUT2D eigenvalue weighted by molar-refractivity contribution is -0.181. The Morgan fingerprint density at radius 3 is 2.50 bits per heavy atom. The van der Waals surface area contributed by atoms with E-state index in [0.717, 1.165) is 18.4 Å². The van der Waals surface area contributed by atoms with Gasteiger partial charge in [0, 0.05) is 5.92 Å². The van der Waals surface area contributed by atoms with Crippen molar-refractivity contribution in [1.29, 1.82) is 0 Å². The number of aliphatic hydroxyl groups is 1. The van der Waals surface area contributed by atoms with E-state index in [1.165, 1.54) is 0 Å². The highest BCUT2D eigenvalue weighted by molar-refractivity contribution is 5.87. The standard InChI is InChI=1S/C16H18F2O2/c17-15(18)16(20)9-12(10-5-2-1-3-6-10)11-7-4-8-13(16)14(11)19/h1-3,5-6,11-13,15,20H,4,7-9H2/t11-,12-,13-,16-/m0/s1. The zero-order valence-electron chi connectivity index (χ0n) is 11.1. The van der Waals surface area contributed by atoms with Gasteiger partial charge in [0.1, 0.15) is 11.4 Å². The van der Waals surface area contributed by atoms with Gasteiger partial charge in [0.05, 0.1) is 5.92 Å². The summed E-state index contributed by atoms with van der Waals surface area (Å²) in [6, 6.07) is 9.26. The van der Waals surface area contributed by atoms with Gasteiger partial charge in [-0.05, 0) is 30.7 Å². The van der Waals surface area contributed by atoms with Gasteiger partial charge in [-0.3, -0.25) is 4.79 Å². The summed E-state index contributed by atoms with van der Waals surface area (Å²) in [6.45, 7) is 0. The highest BCUT2D eigenvalue weighted by Crippen LogP contribution is 2.51. The second-order valence-corrected chi connectivity index (χ2v) is 6.01. The van der Waals surface area contributed by atoms with E-state index in [1.807, 2.05) is 30.3 Å². The summed E-state index contributed by atoms with van der Waals surface area (Å²) >= 11 is 0. The first-order chi connectivity index (χ1) is 9.54. The molecule has 2 bridgehead atoms. The van der Waals surface area contributed by atoms with Gasteiger partial charge in [-0.25, -0.2) is 8.78 Å². The van der Waals surface area contributed by atoms with E-state index in [0.29, 0.717) is 6.42 Å². The van der Waals surface area contributed by atoms with Gasteiger partial charge in [-0.1, -0.05) is 36.8 Å². The van der Waals surface area contributed by atoms with Gasteiger partial charge in [0.25, 0.3) is 6.43 Å². The number of Topliss-reactive ketones (excluding diaryl/α,β-unsaturated/α-hetero) is 1. The molecule has 4 heteroatoms. The molecule has 0 aliphatic heterocycles. The Balaban J connectivity index is 2.01. The van der Waals surface area contributed by atoms with Gasteiger partial charge in [0.15, 0.2) is 0 Å². The molecule has 1 aromatic carbocycles. The summed E-state index contributed by atoms with van der Waals surface area (Å²) in [5.41, 5.74) is -1.28. The number of ketones is 1. The molecule has 2 fully saturated rings. The molecule has 20 heavy (non-hydrogen) atoms. The maximum absolute atomic E-state index is 13.4.